The number of hydrogen-bond donors (Lipinski definition) is 1. The maximum Gasteiger partial charge on any atom is 0.256 e. The van der Waals surface area contributed by atoms with Crippen molar-refractivity contribution in [3.8, 4) is 0 Å². The molecule has 0 unspecified atom stereocenters. The molecule has 3 heterocycles. The summed E-state index contributed by atoms with van der Waals surface area (Å²) in [5, 5.41) is 8.14. The highest BCUT2D eigenvalue weighted by molar-refractivity contribution is 6.14. The third-order valence-corrected chi connectivity index (χ3v) is 5.71. The predicted molar refractivity (Wildman–Crippen MR) is 122 cm³/mol. The molecule has 162 valence electrons. The van der Waals surface area contributed by atoms with Crippen LogP contribution in [0.4, 0.5) is 5.69 Å². The number of benzene rings is 1. The third kappa shape index (κ3) is 4.04. The first-order valence-electron chi connectivity index (χ1n) is 10.9. The topological polar surface area (TPSA) is 80.1 Å². The SMILES string of the molecule is CC(C)c1cc(C(=O)Nc2ccccc2C(=O)N2CCCC2)c2cnn(C(C)C)c2n1. The Balaban J connectivity index is 1.72. The summed E-state index contributed by atoms with van der Waals surface area (Å²) in [6.07, 6.45) is 3.74. The van der Waals surface area contributed by atoms with E-state index in [0.717, 1.165) is 31.6 Å². The molecule has 1 fully saturated rings. The van der Waals surface area contributed by atoms with E-state index in [-0.39, 0.29) is 23.8 Å². The molecule has 31 heavy (non-hydrogen) atoms. The van der Waals surface area contributed by atoms with Crippen LogP contribution in [0.2, 0.25) is 0 Å². The molecule has 2 aromatic heterocycles. The summed E-state index contributed by atoms with van der Waals surface area (Å²) < 4.78 is 1.84. The van der Waals surface area contributed by atoms with Crippen LogP contribution < -0.4 is 5.32 Å². The zero-order valence-corrected chi connectivity index (χ0v) is 18.6. The Labute approximate surface area is 182 Å². The number of amides is 2. The third-order valence-electron chi connectivity index (χ3n) is 5.71. The number of pyridine rings is 1. The Morgan fingerprint density at radius 3 is 2.42 bits per heavy atom. The molecule has 0 saturated carbocycles. The molecule has 7 heteroatoms. The lowest BCUT2D eigenvalue weighted by Crippen LogP contribution is -2.28. The number of nitrogens with zero attached hydrogens (tertiary/aromatic N) is 4. The Morgan fingerprint density at radius 1 is 1.03 bits per heavy atom. The molecular formula is C24H29N5O2. The molecule has 0 atom stereocenters. The second kappa shape index (κ2) is 8.49. The highest BCUT2D eigenvalue weighted by atomic mass is 16.2. The largest absolute Gasteiger partial charge is 0.339 e. The Hall–Kier alpha value is -3.22. The van der Waals surface area contributed by atoms with Gasteiger partial charge >= 0.3 is 0 Å². The molecule has 0 aliphatic carbocycles. The molecular weight excluding hydrogens is 390 g/mol. The monoisotopic (exact) mass is 419 g/mol. The van der Waals surface area contributed by atoms with Crippen molar-refractivity contribution in [2.75, 3.05) is 18.4 Å². The number of fused-ring (bicyclic) bond motifs is 1. The van der Waals surface area contributed by atoms with Crippen molar-refractivity contribution in [1.29, 1.82) is 0 Å². The van der Waals surface area contributed by atoms with Crippen molar-refractivity contribution in [2.24, 2.45) is 0 Å². The molecule has 1 N–H and O–H groups in total. The van der Waals surface area contributed by atoms with Crippen LogP contribution in [0, 0.1) is 0 Å². The van der Waals surface area contributed by atoms with Crippen molar-refractivity contribution in [3.63, 3.8) is 0 Å². The Morgan fingerprint density at radius 2 is 1.74 bits per heavy atom. The van der Waals surface area contributed by atoms with E-state index in [1.165, 1.54) is 0 Å². The second-order valence-corrected chi connectivity index (χ2v) is 8.67. The number of rotatable bonds is 5. The van der Waals surface area contributed by atoms with E-state index in [2.05, 4.69) is 24.3 Å². The number of likely N-dealkylation sites (tertiary alicyclic amines) is 1. The van der Waals surface area contributed by atoms with E-state index in [1.54, 1.807) is 18.3 Å². The lowest BCUT2D eigenvalue weighted by molar-refractivity contribution is 0.0794. The first kappa shape index (κ1) is 21.0. The van der Waals surface area contributed by atoms with Crippen molar-refractivity contribution < 1.29 is 9.59 Å². The summed E-state index contributed by atoms with van der Waals surface area (Å²) in [6.45, 7) is 9.70. The lowest BCUT2D eigenvalue weighted by Gasteiger charge is -2.18. The van der Waals surface area contributed by atoms with Crippen LogP contribution in [0.5, 0.6) is 0 Å². The van der Waals surface area contributed by atoms with Gasteiger partial charge in [-0.25, -0.2) is 9.67 Å². The van der Waals surface area contributed by atoms with Crippen LogP contribution in [-0.2, 0) is 0 Å². The van der Waals surface area contributed by atoms with Crippen molar-refractivity contribution in [1.82, 2.24) is 19.7 Å². The summed E-state index contributed by atoms with van der Waals surface area (Å²) in [6, 6.07) is 9.17. The molecule has 1 aromatic carbocycles. The molecule has 1 aliphatic rings. The van der Waals surface area contributed by atoms with Gasteiger partial charge in [-0.1, -0.05) is 26.0 Å². The van der Waals surface area contributed by atoms with Crippen molar-refractivity contribution in [3.05, 3.63) is 53.3 Å². The number of anilines is 1. The van der Waals surface area contributed by atoms with Crippen molar-refractivity contribution in [2.45, 2.75) is 52.5 Å². The highest BCUT2D eigenvalue weighted by Gasteiger charge is 2.24. The van der Waals surface area contributed by atoms with Crippen LogP contribution >= 0.6 is 0 Å². The van der Waals surface area contributed by atoms with Gasteiger partial charge < -0.3 is 10.2 Å². The van der Waals surface area contributed by atoms with Gasteiger partial charge in [0.1, 0.15) is 0 Å². The molecule has 1 saturated heterocycles. The number of carbonyl (C=O) groups excluding carboxylic acids is 2. The zero-order chi connectivity index (χ0) is 22.1. The van der Waals surface area contributed by atoms with E-state index < -0.39 is 0 Å². The van der Waals surface area contributed by atoms with Gasteiger partial charge in [0.2, 0.25) is 0 Å². The van der Waals surface area contributed by atoms with Gasteiger partial charge in [0.25, 0.3) is 11.8 Å². The van der Waals surface area contributed by atoms with E-state index in [4.69, 9.17) is 4.98 Å². The summed E-state index contributed by atoms with van der Waals surface area (Å²) >= 11 is 0. The molecule has 3 aromatic rings. The maximum atomic E-state index is 13.4. The minimum atomic E-state index is -0.265. The van der Waals surface area contributed by atoms with Gasteiger partial charge in [0.05, 0.1) is 28.4 Å². The van der Waals surface area contributed by atoms with Gasteiger partial charge in [0, 0.05) is 24.8 Å². The highest BCUT2D eigenvalue weighted by Crippen LogP contribution is 2.26. The summed E-state index contributed by atoms with van der Waals surface area (Å²) in [4.78, 5) is 33.0. The molecule has 1 aliphatic heterocycles. The average Bonchev–Trinajstić information content (AvgIpc) is 3.42. The van der Waals surface area contributed by atoms with Gasteiger partial charge in [-0.3, -0.25) is 9.59 Å². The zero-order valence-electron chi connectivity index (χ0n) is 18.6. The number of nitrogens with one attached hydrogen (secondary N) is 1. The molecule has 0 radical (unpaired) electrons. The molecule has 0 spiro atoms. The van der Waals surface area contributed by atoms with Crippen LogP contribution in [-0.4, -0.2) is 44.6 Å². The standard InChI is InChI=1S/C24H29N5O2/c1-15(2)21-13-18(19-14-25-29(16(3)4)22(19)26-21)23(30)27-20-10-6-5-9-17(20)24(31)28-11-7-8-12-28/h5-6,9-10,13-16H,7-8,11-12H2,1-4H3,(H,27,30). The predicted octanol–water partition coefficient (Wildman–Crippen LogP) is 4.62. The summed E-state index contributed by atoms with van der Waals surface area (Å²) in [5.74, 6) is -0.140. The smallest absolute Gasteiger partial charge is 0.256 e. The van der Waals surface area contributed by atoms with Gasteiger partial charge in [0.15, 0.2) is 5.65 Å². The van der Waals surface area contributed by atoms with Gasteiger partial charge in [-0.2, -0.15) is 5.10 Å². The van der Waals surface area contributed by atoms with Crippen molar-refractivity contribution >= 4 is 28.5 Å². The summed E-state index contributed by atoms with van der Waals surface area (Å²) in [7, 11) is 0. The van der Waals surface area contributed by atoms with Crippen LogP contribution in [0.3, 0.4) is 0 Å². The number of carbonyl (C=O) groups is 2. The molecule has 0 bridgehead atoms. The fourth-order valence-corrected chi connectivity index (χ4v) is 3.96. The van der Waals surface area contributed by atoms with E-state index in [1.807, 2.05) is 41.6 Å². The minimum Gasteiger partial charge on any atom is -0.339 e. The summed E-state index contributed by atoms with van der Waals surface area (Å²) in [5.41, 5.74) is 3.10. The number of aromatic nitrogens is 3. The first-order valence-corrected chi connectivity index (χ1v) is 10.9. The second-order valence-electron chi connectivity index (χ2n) is 8.67. The van der Waals surface area contributed by atoms with Gasteiger partial charge in [-0.05, 0) is 50.8 Å². The normalized spacial score (nSPS) is 14.1. The Kier molecular flexibility index (Phi) is 5.76. The first-order chi connectivity index (χ1) is 14.9. The number of hydrogen-bond acceptors (Lipinski definition) is 4. The molecule has 2 amide bonds. The quantitative estimate of drug-likeness (QED) is 0.654. The maximum absolute atomic E-state index is 13.4. The fraction of sp³-hybridized carbons (Fsp3) is 0.417. The van der Waals surface area contributed by atoms with Crippen LogP contribution in [0.15, 0.2) is 36.5 Å². The van der Waals surface area contributed by atoms with E-state index >= 15 is 0 Å². The van der Waals surface area contributed by atoms with Gasteiger partial charge in [-0.15, -0.1) is 0 Å². The van der Waals surface area contributed by atoms with E-state index in [9.17, 15) is 9.59 Å². The van der Waals surface area contributed by atoms with Crippen LogP contribution in [0.1, 0.15) is 78.9 Å². The lowest BCUT2D eigenvalue weighted by atomic mass is 10.0. The number of para-hydroxylation sites is 1. The van der Waals surface area contributed by atoms with Crippen LogP contribution in [0.25, 0.3) is 11.0 Å². The fourth-order valence-electron chi connectivity index (χ4n) is 3.96. The Bertz CT molecular complexity index is 1130. The molecule has 4 rings (SSSR count). The minimum absolute atomic E-state index is 0.0382. The molecule has 7 nitrogen and oxygen atoms in total. The van der Waals surface area contributed by atoms with E-state index in [0.29, 0.717) is 27.8 Å². The average molecular weight is 420 g/mol.